The Morgan fingerprint density at radius 3 is 2.59 bits per heavy atom. The fourth-order valence-corrected chi connectivity index (χ4v) is 5.87. The lowest BCUT2D eigenvalue weighted by atomic mass is 9.78. The number of hydrogen-bond acceptors (Lipinski definition) is 3. The van der Waals surface area contributed by atoms with Crippen LogP contribution in [0.1, 0.15) is 70.9 Å². The van der Waals surface area contributed by atoms with Crippen LogP contribution < -0.4 is 4.74 Å². The minimum atomic E-state index is -1.91. The molecule has 0 heterocycles. The molecule has 2 aliphatic rings. The fourth-order valence-electron chi connectivity index (χ4n) is 4.43. The van der Waals surface area contributed by atoms with Gasteiger partial charge in [0.25, 0.3) is 0 Å². The Bertz CT molecular complexity index is 803. The van der Waals surface area contributed by atoms with Crippen LogP contribution in [0.4, 0.5) is 0 Å². The minimum absolute atomic E-state index is 0.0513. The number of carbonyl (C=O) groups is 1. The largest absolute Gasteiger partial charge is 0.497 e. The van der Waals surface area contributed by atoms with Crippen LogP contribution in [-0.4, -0.2) is 27.3 Å². The molecule has 160 valence electrons. The lowest BCUT2D eigenvalue weighted by Crippen LogP contribution is -2.48. The number of rotatable bonds is 6. The van der Waals surface area contributed by atoms with Gasteiger partial charge in [0.1, 0.15) is 11.5 Å². The minimum Gasteiger partial charge on any atom is -0.497 e. The molecule has 0 saturated heterocycles. The lowest BCUT2D eigenvalue weighted by Gasteiger charge is -2.42. The molecule has 0 aliphatic heterocycles. The molecular formula is C25H38O3Si. The van der Waals surface area contributed by atoms with Gasteiger partial charge in [0.15, 0.2) is 8.32 Å². The topological polar surface area (TPSA) is 35.5 Å². The van der Waals surface area contributed by atoms with Gasteiger partial charge in [-0.1, -0.05) is 39.8 Å². The molecule has 1 aromatic carbocycles. The van der Waals surface area contributed by atoms with Gasteiger partial charge in [-0.25, -0.2) is 0 Å². The molecular weight excluding hydrogens is 376 g/mol. The third-order valence-corrected chi connectivity index (χ3v) is 12.1. The maximum Gasteiger partial charge on any atom is 0.192 e. The number of aryl methyl sites for hydroxylation is 1. The molecule has 2 aliphatic carbocycles. The Labute approximate surface area is 178 Å². The Balaban J connectivity index is 1.76. The average molecular weight is 415 g/mol. The normalized spacial score (nSPS) is 25.0. The summed E-state index contributed by atoms with van der Waals surface area (Å²) in [7, 11) is -0.187. The molecule has 0 N–H and O–H groups in total. The highest BCUT2D eigenvalue weighted by Crippen LogP contribution is 2.47. The first-order valence-electron chi connectivity index (χ1n) is 11.1. The second-order valence-electron chi connectivity index (χ2n) is 10.5. The van der Waals surface area contributed by atoms with Crippen LogP contribution in [0, 0.1) is 5.41 Å². The van der Waals surface area contributed by atoms with E-state index in [2.05, 4.69) is 59.0 Å². The fraction of sp³-hybridized carbons (Fsp3) is 0.640. The lowest BCUT2D eigenvalue weighted by molar-refractivity contribution is -0.128. The summed E-state index contributed by atoms with van der Waals surface area (Å²) in [5, 5.41) is 0.156. The summed E-state index contributed by atoms with van der Waals surface area (Å²) in [6, 6.07) is 6.39. The zero-order valence-electron chi connectivity index (χ0n) is 19.4. The van der Waals surface area contributed by atoms with Crippen molar-refractivity contribution in [1.29, 1.82) is 0 Å². The van der Waals surface area contributed by atoms with Gasteiger partial charge in [-0.05, 0) is 79.1 Å². The van der Waals surface area contributed by atoms with E-state index in [0.717, 1.165) is 37.9 Å². The van der Waals surface area contributed by atoms with Gasteiger partial charge in [0.2, 0.25) is 0 Å². The van der Waals surface area contributed by atoms with Gasteiger partial charge in [-0.2, -0.15) is 0 Å². The van der Waals surface area contributed by atoms with E-state index < -0.39 is 8.32 Å². The third kappa shape index (κ3) is 4.39. The molecule has 0 bridgehead atoms. The van der Waals surface area contributed by atoms with Crippen LogP contribution in [0.25, 0.3) is 5.57 Å². The zero-order chi connectivity index (χ0) is 21.4. The Morgan fingerprint density at radius 2 is 1.93 bits per heavy atom. The SMILES string of the molecule is COc1ccc2c(c1)CCC=C2CC[C@@]1(C)C(=O)CC[C@H]1O[Si](C)(C)C(C)(C)C. The Hall–Kier alpha value is -1.39. The van der Waals surface area contributed by atoms with Crippen molar-refractivity contribution in [1.82, 2.24) is 0 Å². The van der Waals surface area contributed by atoms with Gasteiger partial charge in [-0.3, -0.25) is 4.79 Å². The maximum atomic E-state index is 12.9. The Kier molecular flexibility index (Phi) is 6.17. The van der Waals surface area contributed by atoms with Crippen molar-refractivity contribution in [2.75, 3.05) is 7.11 Å². The van der Waals surface area contributed by atoms with Crippen LogP contribution in [0.2, 0.25) is 18.1 Å². The van der Waals surface area contributed by atoms with Gasteiger partial charge >= 0.3 is 0 Å². The first kappa shape index (κ1) is 22.3. The molecule has 4 heteroatoms. The predicted octanol–water partition coefficient (Wildman–Crippen LogP) is 6.56. The van der Waals surface area contributed by atoms with E-state index >= 15 is 0 Å². The van der Waals surface area contributed by atoms with E-state index in [1.54, 1.807) is 7.11 Å². The maximum absolute atomic E-state index is 12.9. The highest BCUT2D eigenvalue weighted by Gasteiger charge is 2.50. The number of allylic oxidation sites excluding steroid dienone is 2. The highest BCUT2D eigenvalue weighted by molar-refractivity contribution is 6.74. The number of carbonyl (C=O) groups excluding carboxylic acids is 1. The molecule has 0 amide bonds. The van der Waals surface area contributed by atoms with E-state index in [9.17, 15) is 4.79 Å². The number of methoxy groups -OCH3 is 1. The molecule has 0 unspecified atom stereocenters. The molecule has 2 atom stereocenters. The van der Waals surface area contributed by atoms with Crippen molar-refractivity contribution < 1.29 is 14.0 Å². The van der Waals surface area contributed by atoms with Crippen molar-refractivity contribution in [2.45, 2.75) is 90.5 Å². The first-order chi connectivity index (χ1) is 13.5. The number of ketones is 1. The standard InChI is InChI=1S/C25H38O3Si/c1-24(2,3)29(6,7)28-23-14-13-22(26)25(23,4)16-15-18-9-8-10-19-17-20(27-5)11-12-21(18)19/h9,11-12,17,23H,8,10,13-16H2,1-7H3/t23-,25+/m1/s1. The monoisotopic (exact) mass is 414 g/mol. The van der Waals surface area contributed by atoms with Gasteiger partial charge in [0, 0.05) is 6.42 Å². The predicted molar refractivity (Wildman–Crippen MR) is 123 cm³/mol. The smallest absolute Gasteiger partial charge is 0.192 e. The zero-order valence-corrected chi connectivity index (χ0v) is 20.4. The number of hydrogen-bond donors (Lipinski definition) is 0. The van der Waals surface area contributed by atoms with Crippen molar-refractivity contribution in [3.05, 3.63) is 35.4 Å². The van der Waals surface area contributed by atoms with E-state index in [1.165, 1.54) is 16.7 Å². The summed E-state index contributed by atoms with van der Waals surface area (Å²) < 4.78 is 12.2. The van der Waals surface area contributed by atoms with Crippen LogP contribution >= 0.6 is 0 Å². The molecule has 29 heavy (non-hydrogen) atoms. The van der Waals surface area contributed by atoms with Crippen LogP contribution in [0.3, 0.4) is 0 Å². The molecule has 1 aromatic rings. The molecule has 3 rings (SSSR count). The van der Waals surface area contributed by atoms with E-state index in [0.29, 0.717) is 12.2 Å². The molecule has 3 nitrogen and oxygen atoms in total. The van der Waals surface area contributed by atoms with Gasteiger partial charge in [0.05, 0.1) is 18.6 Å². The van der Waals surface area contributed by atoms with E-state index in [4.69, 9.17) is 9.16 Å². The van der Waals surface area contributed by atoms with Gasteiger partial charge < -0.3 is 9.16 Å². The molecule has 0 spiro atoms. The van der Waals surface area contributed by atoms with E-state index in [-0.39, 0.29) is 16.6 Å². The first-order valence-corrected chi connectivity index (χ1v) is 14.0. The molecule has 0 radical (unpaired) electrons. The second-order valence-corrected chi connectivity index (χ2v) is 15.3. The Morgan fingerprint density at radius 1 is 1.21 bits per heavy atom. The summed E-state index contributed by atoms with van der Waals surface area (Å²) >= 11 is 0. The highest BCUT2D eigenvalue weighted by atomic mass is 28.4. The quantitative estimate of drug-likeness (QED) is 0.494. The van der Waals surface area contributed by atoms with Crippen LogP contribution in [0.5, 0.6) is 5.75 Å². The van der Waals surface area contributed by atoms with Crippen LogP contribution in [-0.2, 0) is 15.6 Å². The second kappa shape index (κ2) is 8.03. The third-order valence-electron chi connectivity index (χ3n) is 7.60. The summed E-state index contributed by atoms with van der Waals surface area (Å²) in [6.07, 6.45) is 7.85. The summed E-state index contributed by atoms with van der Waals surface area (Å²) in [6.45, 7) is 13.5. The average Bonchev–Trinajstić information content (AvgIpc) is 2.93. The number of fused-ring (bicyclic) bond motifs is 1. The summed E-state index contributed by atoms with van der Waals surface area (Å²) in [5.41, 5.74) is 3.69. The number of ether oxygens (including phenoxy) is 1. The molecule has 1 fully saturated rings. The molecule has 1 saturated carbocycles. The van der Waals surface area contributed by atoms with E-state index in [1.807, 2.05) is 6.07 Å². The van der Waals surface area contributed by atoms with Gasteiger partial charge in [-0.15, -0.1) is 0 Å². The van der Waals surface area contributed by atoms with Crippen molar-refractivity contribution in [3.63, 3.8) is 0 Å². The van der Waals surface area contributed by atoms with Crippen LogP contribution in [0.15, 0.2) is 24.3 Å². The van der Waals surface area contributed by atoms with Crippen molar-refractivity contribution >= 4 is 19.7 Å². The van der Waals surface area contributed by atoms with Crippen molar-refractivity contribution in [3.8, 4) is 5.75 Å². The summed E-state index contributed by atoms with van der Waals surface area (Å²) in [4.78, 5) is 12.9. The van der Waals surface area contributed by atoms with Crippen molar-refractivity contribution in [2.24, 2.45) is 5.41 Å². The molecule has 0 aromatic heterocycles. The number of benzene rings is 1. The summed E-state index contributed by atoms with van der Waals surface area (Å²) in [5.74, 6) is 1.30. The number of Topliss-reactive ketones (excluding diaryl/α,β-unsaturated/α-hetero) is 1.